The van der Waals surface area contributed by atoms with E-state index in [0.717, 1.165) is 93.5 Å². The number of thiophene rings is 1. The normalized spacial score (nSPS) is 12.5. The summed E-state index contributed by atoms with van der Waals surface area (Å²) in [6.45, 7) is 0. The van der Waals surface area contributed by atoms with Crippen molar-refractivity contribution in [3.8, 4) is 28.3 Å². The average molecular weight is 758 g/mol. The van der Waals surface area contributed by atoms with E-state index in [1.165, 1.54) is 30.9 Å². The van der Waals surface area contributed by atoms with Gasteiger partial charge in [-0.2, -0.15) is 0 Å². The highest BCUT2D eigenvalue weighted by atomic mass is 32.1. The fourth-order valence-corrected chi connectivity index (χ4v) is 10.9. The highest BCUT2D eigenvalue weighted by Crippen LogP contribution is 2.47. The predicted octanol–water partition coefficient (Wildman–Crippen LogP) is 14.8. The number of aromatic nitrogens is 3. The van der Waals surface area contributed by atoms with Gasteiger partial charge in [0.15, 0.2) is 11.4 Å². The Labute approximate surface area is 332 Å². The van der Waals surface area contributed by atoms with Crippen LogP contribution >= 0.6 is 11.3 Å². The lowest BCUT2D eigenvalue weighted by molar-refractivity contribution is 0.664. The van der Waals surface area contributed by atoms with E-state index in [9.17, 15) is 0 Å². The van der Waals surface area contributed by atoms with Crippen molar-refractivity contribution in [3.63, 3.8) is 0 Å². The molecule has 0 unspecified atom stereocenters. The van der Waals surface area contributed by atoms with Crippen molar-refractivity contribution in [2.75, 3.05) is 0 Å². The second-order valence-electron chi connectivity index (χ2n) is 15.2. The summed E-state index contributed by atoms with van der Waals surface area (Å²) in [6, 6.07) is 58.1. The lowest BCUT2D eigenvalue weighted by Crippen LogP contribution is -1.99. The third-order valence-corrected chi connectivity index (χ3v) is 13.4. The van der Waals surface area contributed by atoms with Crippen LogP contribution in [0.15, 0.2) is 173 Å². The van der Waals surface area contributed by atoms with E-state index in [4.69, 9.17) is 18.8 Å². The molecule has 5 nitrogen and oxygen atoms in total. The van der Waals surface area contributed by atoms with E-state index in [1.54, 1.807) is 11.3 Å². The third kappa shape index (κ3) is 3.94. The van der Waals surface area contributed by atoms with Gasteiger partial charge in [-0.1, -0.05) is 109 Å². The SMILES string of the molecule is c1ccc2c(c1)oc1c(-c3cccc4c3sc3ccccc34)nc(-c3ccc(-n4c5ccc6cccc7oc8cccc9ccc4c(c98)c5c67)c4ccccc34)nc12. The number of fused-ring (bicyclic) bond motifs is 7. The molecule has 268 valence electrons. The van der Waals surface area contributed by atoms with E-state index in [2.05, 4.69) is 150 Å². The Bertz CT molecular complexity index is 3950. The van der Waals surface area contributed by atoms with Gasteiger partial charge in [0.25, 0.3) is 0 Å². The molecule has 5 heterocycles. The number of nitrogens with zero attached hydrogens (tertiary/aromatic N) is 3. The van der Waals surface area contributed by atoms with E-state index >= 15 is 0 Å². The number of hydrogen-bond donors (Lipinski definition) is 0. The molecule has 0 aliphatic heterocycles. The first-order valence-electron chi connectivity index (χ1n) is 19.5. The topological polar surface area (TPSA) is 57.0 Å². The van der Waals surface area contributed by atoms with Crippen LogP contribution in [0.1, 0.15) is 0 Å². The Balaban J connectivity index is 1.07. The monoisotopic (exact) mass is 757 g/mol. The molecule has 14 aromatic rings. The lowest BCUT2D eigenvalue weighted by Gasteiger charge is -2.15. The molecule has 14 rings (SSSR count). The van der Waals surface area contributed by atoms with Gasteiger partial charge in [-0.05, 0) is 70.8 Å². The molecule has 0 saturated carbocycles. The first-order valence-corrected chi connectivity index (χ1v) is 20.3. The van der Waals surface area contributed by atoms with Gasteiger partial charge in [-0.3, -0.25) is 0 Å². The highest BCUT2D eigenvalue weighted by Gasteiger charge is 2.25. The number of para-hydroxylation sites is 1. The number of benzene rings is 9. The van der Waals surface area contributed by atoms with Crippen molar-refractivity contribution in [2.24, 2.45) is 0 Å². The van der Waals surface area contributed by atoms with Gasteiger partial charge in [0.1, 0.15) is 28.0 Å². The summed E-state index contributed by atoms with van der Waals surface area (Å²) in [6.07, 6.45) is 0. The molecule has 0 saturated heterocycles. The van der Waals surface area contributed by atoms with Gasteiger partial charge in [-0.15, -0.1) is 11.3 Å². The smallest absolute Gasteiger partial charge is 0.180 e. The predicted molar refractivity (Wildman–Crippen MR) is 241 cm³/mol. The molecule has 0 spiro atoms. The van der Waals surface area contributed by atoms with Crippen LogP contribution in [0, 0.1) is 0 Å². The maximum Gasteiger partial charge on any atom is 0.180 e. The largest absolute Gasteiger partial charge is 0.456 e. The summed E-state index contributed by atoms with van der Waals surface area (Å²) in [5.74, 6) is 0.662. The zero-order valence-corrected chi connectivity index (χ0v) is 31.5. The van der Waals surface area contributed by atoms with Gasteiger partial charge in [0.2, 0.25) is 0 Å². The average Bonchev–Trinajstić information content (AvgIpc) is 3.92. The Morgan fingerprint density at radius 1 is 0.431 bits per heavy atom. The fraction of sp³-hybridized carbons (Fsp3) is 0. The maximum absolute atomic E-state index is 6.70. The molecular weight excluding hydrogens is 731 g/mol. The van der Waals surface area contributed by atoms with Gasteiger partial charge >= 0.3 is 0 Å². The van der Waals surface area contributed by atoms with Crippen molar-refractivity contribution >= 4 is 119 Å². The number of rotatable bonds is 3. The molecule has 0 aliphatic rings. The van der Waals surface area contributed by atoms with E-state index in [0.29, 0.717) is 11.4 Å². The highest BCUT2D eigenvalue weighted by molar-refractivity contribution is 7.26. The molecule has 0 fully saturated rings. The molecule has 5 aromatic heterocycles. The molecule has 0 atom stereocenters. The van der Waals surface area contributed by atoms with E-state index in [1.807, 2.05) is 18.2 Å². The van der Waals surface area contributed by atoms with Crippen LogP contribution in [0.4, 0.5) is 0 Å². The van der Waals surface area contributed by atoms with Gasteiger partial charge in [0, 0.05) is 63.6 Å². The van der Waals surface area contributed by atoms with Crippen molar-refractivity contribution in [1.29, 1.82) is 0 Å². The Morgan fingerprint density at radius 2 is 1.07 bits per heavy atom. The van der Waals surface area contributed by atoms with Crippen LogP contribution in [0.3, 0.4) is 0 Å². The van der Waals surface area contributed by atoms with Gasteiger partial charge in [-0.25, -0.2) is 9.97 Å². The molecule has 58 heavy (non-hydrogen) atoms. The maximum atomic E-state index is 6.70. The van der Waals surface area contributed by atoms with Crippen LogP contribution < -0.4 is 0 Å². The summed E-state index contributed by atoms with van der Waals surface area (Å²) in [5.41, 5.74) is 10.3. The van der Waals surface area contributed by atoms with Gasteiger partial charge in [0.05, 0.1) is 16.7 Å². The minimum absolute atomic E-state index is 0.662. The summed E-state index contributed by atoms with van der Waals surface area (Å²) < 4.78 is 18.2. The summed E-state index contributed by atoms with van der Waals surface area (Å²) in [5, 5.41) is 12.7. The first-order chi connectivity index (χ1) is 28.8. The van der Waals surface area contributed by atoms with Crippen LogP contribution in [0.25, 0.3) is 136 Å². The molecule has 6 heteroatoms. The van der Waals surface area contributed by atoms with E-state index < -0.39 is 0 Å². The van der Waals surface area contributed by atoms with Crippen molar-refractivity contribution in [3.05, 3.63) is 164 Å². The molecule has 9 aromatic carbocycles. The summed E-state index contributed by atoms with van der Waals surface area (Å²) in [4.78, 5) is 10.8. The van der Waals surface area contributed by atoms with Crippen LogP contribution in [-0.4, -0.2) is 14.5 Å². The van der Waals surface area contributed by atoms with Crippen molar-refractivity contribution in [1.82, 2.24) is 14.5 Å². The second-order valence-corrected chi connectivity index (χ2v) is 16.2. The second kappa shape index (κ2) is 11.1. The zero-order valence-electron chi connectivity index (χ0n) is 30.7. The third-order valence-electron chi connectivity index (χ3n) is 12.2. The minimum atomic E-state index is 0.662. The van der Waals surface area contributed by atoms with Crippen LogP contribution in [0.2, 0.25) is 0 Å². The Hall–Kier alpha value is -7.54. The number of hydrogen-bond acceptors (Lipinski definition) is 5. The Kier molecular flexibility index (Phi) is 5.85. The van der Waals surface area contributed by atoms with Gasteiger partial charge < -0.3 is 13.4 Å². The quantitative estimate of drug-likeness (QED) is 0.180. The Morgan fingerprint density at radius 3 is 1.84 bits per heavy atom. The van der Waals surface area contributed by atoms with Crippen molar-refractivity contribution < 1.29 is 8.83 Å². The molecular formula is C52H27N3O2S. The zero-order chi connectivity index (χ0) is 37.6. The standard InChI is InChI=1S/C52H27N3O2S/c1-2-13-31-30(12-1)34(24-27-37(31)55-38-25-22-28-10-7-19-41-44(28)46(38)47-39(55)26-23-29-11-8-20-42(56-41)45(29)47)52-53-48-35-15-3-5-18-40(35)57-50(48)49(54-52)36-17-9-16-33-32-14-4-6-21-43(32)58-51(33)36/h1-27H. The van der Waals surface area contributed by atoms with Crippen LogP contribution in [0.5, 0.6) is 0 Å². The molecule has 0 N–H and O–H groups in total. The first kappa shape index (κ1) is 30.7. The molecule has 0 radical (unpaired) electrons. The molecule has 0 aliphatic carbocycles. The van der Waals surface area contributed by atoms with E-state index in [-0.39, 0.29) is 0 Å². The summed E-state index contributed by atoms with van der Waals surface area (Å²) >= 11 is 1.80. The van der Waals surface area contributed by atoms with Crippen LogP contribution in [-0.2, 0) is 0 Å². The molecule has 0 amide bonds. The minimum Gasteiger partial charge on any atom is -0.456 e. The fourth-order valence-electron chi connectivity index (χ4n) is 9.73. The molecule has 0 bridgehead atoms. The lowest BCUT2D eigenvalue weighted by atomic mass is 10.00. The number of furan rings is 1. The van der Waals surface area contributed by atoms with Crippen molar-refractivity contribution in [2.45, 2.75) is 0 Å². The summed E-state index contributed by atoms with van der Waals surface area (Å²) in [7, 11) is 0.